The van der Waals surface area contributed by atoms with Gasteiger partial charge in [-0.25, -0.2) is 0 Å². The minimum atomic E-state index is 0.226. The maximum atomic E-state index is 5.42. The highest BCUT2D eigenvalue weighted by atomic mass is 32.2. The number of thioether (sulfide) groups is 1. The van der Waals surface area contributed by atoms with E-state index in [0.29, 0.717) is 4.75 Å². The van der Waals surface area contributed by atoms with E-state index in [1.807, 2.05) is 11.8 Å². The van der Waals surface area contributed by atoms with Gasteiger partial charge >= 0.3 is 0 Å². The molecule has 0 aromatic rings. The van der Waals surface area contributed by atoms with Gasteiger partial charge in [-0.3, -0.25) is 0 Å². The monoisotopic (exact) mass is 199 g/mol. The third kappa shape index (κ3) is 8.21. The second kappa shape index (κ2) is 6.34. The molecule has 0 saturated carbocycles. The molecule has 0 aliphatic carbocycles. The van der Waals surface area contributed by atoms with Crippen molar-refractivity contribution < 1.29 is 0 Å². The molecule has 0 aliphatic heterocycles. The van der Waals surface area contributed by atoms with Crippen LogP contribution in [0.3, 0.4) is 0 Å². The Hall–Kier alpha value is -0.130. The van der Waals surface area contributed by atoms with E-state index in [1.54, 1.807) is 0 Å². The minimum absolute atomic E-state index is 0.226. The summed E-state index contributed by atoms with van der Waals surface area (Å²) in [7, 11) is 0. The molecule has 0 spiro atoms. The zero-order chi connectivity index (χ0) is 10.3. The van der Waals surface area contributed by atoms with Crippen molar-refractivity contribution in [2.45, 2.75) is 44.9 Å². The summed E-state index contributed by atoms with van der Waals surface area (Å²) in [5.74, 6) is 3.78. The topological polar surface area (TPSA) is 12.0 Å². The lowest BCUT2D eigenvalue weighted by Crippen LogP contribution is -2.31. The number of hydrogen-bond acceptors (Lipinski definition) is 2. The van der Waals surface area contributed by atoms with Crippen LogP contribution in [0.15, 0.2) is 0 Å². The Bertz CT molecular complexity index is 164. The van der Waals surface area contributed by atoms with Gasteiger partial charge in [0.15, 0.2) is 0 Å². The van der Waals surface area contributed by atoms with Crippen molar-refractivity contribution in [1.82, 2.24) is 5.32 Å². The van der Waals surface area contributed by atoms with Crippen molar-refractivity contribution in [1.29, 1.82) is 0 Å². The molecular weight excluding hydrogens is 178 g/mol. The maximum absolute atomic E-state index is 5.42. The first-order valence-electron chi connectivity index (χ1n) is 4.83. The summed E-state index contributed by atoms with van der Waals surface area (Å²) >= 11 is 1.91. The largest absolute Gasteiger partial charge is 0.303 e. The third-order valence-electron chi connectivity index (χ3n) is 1.52. The molecule has 0 aliphatic rings. The van der Waals surface area contributed by atoms with E-state index in [0.717, 1.165) is 18.7 Å². The summed E-state index contributed by atoms with van der Waals surface area (Å²) in [5, 5.41) is 3.33. The fraction of sp³-hybridized carbons (Fsp3) is 0.818. The predicted octanol–water partition coefficient (Wildman–Crippen LogP) is 2.52. The van der Waals surface area contributed by atoms with Crippen LogP contribution in [0.25, 0.3) is 0 Å². The predicted molar refractivity (Wildman–Crippen MR) is 63.1 cm³/mol. The second-order valence-electron chi connectivity index (χ2n) is 4.10. The molecule has 76 valence electrons. The number of terminal acetylenes is 1. The molecule has 1 atom stereocenters. The third-order valence-corrected chi connectivity index (χ3v) is 2.89. The summed E-state index contributed by atoms with van der Waals surface area (Å²) in [6.45, 7) is 9.80. The number of nitrogens with one attached hydrogen (secondary N) is 1. The molecule has 0 fully saturated rings. The highest BCUT2D eigenvalue weighted by Crippen LogP contribution is 2.23. The fourth-order valence-corrected chi connectivity index (χ4v) is 1.70. The van der Waals surface area contributed by atoms with Gasteiger partial charge in [-0.2, -0.15) is 11.8 Å². The zero-order valence-corrected chi connectivity index (χ0v) is 10.0. The van der Waals surface area contributed by atoms with Crippen LogP contribution < -0.4 is 5.32 Å². The van der Waals surface area contributed by atoms with E-state index >= 15 is 0 Å². The van der Waals surface area contributed by atoms with Crippen LogP contribution in [0.2, 0.25) is 0 Å². The van der Waals surface area contributed by atoms with Crippen LogP contribution in [-0.4, -0.2) is 23.1 Å². The molecule has 13 heavy (non-hydrogen) atoms. The zero-order valence-electron chi connectivity index (χ0n) is 9.18. The van der Waals surface area contributed by atoms with Crippen molar-refractivity contribution in [2.75, 3.05) is 12.3 Å². The van der Waals surface area contributed by atoms with E-state index in [1.165, 1.54) is 0 Å². The first kappa shape index (κ1) is 12.9. The molecule has 2 heteroatoms. The Morgan fingerprint density at radius 1 is 1.46 bits per heavy atom. The molecule has 0 bridgehead atoms. The van der Waals surface area contributed by atoms with Gasteiger partial charge in [0.25, 0.3) is 0 Å². The van der Waals surface area contributed by atoms with Gasteiger partial charge in [0.1, 0.15) is 0 Å². The molecule has 0 amide bonds. The molecule has 0 aromatic carbocycles. The lowest BCUT2D eigenvalue weighted by atomic mass is 10.3. The van der Waals surface area contributed by atoms with E-state index in [2.05, 4.69) is 38.9 Å². The lowest BCUT2D eigenvalue weighted by Gasteiger charge is -2.20. The molecule has 0 rings (SSSR count). The Morgan fingerprint density at radius 2 is 2.08 bits per heavy atom. The average Bonchev–Trinajstić information content (AvgIpc) is 2.03. The smallest absolute Gasteiger partial charge is 0.0778 e. The molecular formula is C11H21NS. The van der Waals surface area contributed by atoms with Gasteiger partial charge in [-0.1, -0.05) is 33.6 Å². The van der Waals surface area contributed by atoms with Gasteiger partial charge in [-0.05, 0) is 13.0 Å². The Labute approximate surface area is 87.1 Å². The van der Waals surface area contributed by atoms with Crippen LogP contribution in [0.1, 0.15) is 34.1 Å². The molecule has 0 radical (unpaired) electrons. The summed E-state index contributed by atoms with van der Waals surface area (Å²) in [6.07, 6.45) is 6.55. The number of rotatable bonds is 5. The van der Waals surface area contributed by atoms with Crippen LogP contribution in [0.5, 0.6) is 0 Å². The summed E-state index contributed by atoms with van der Waals surface area (Å²) < 4.78 is 0.309. The van der Waals surface area contributed by atoms with Crippen molar-refractivity contribution in [2.24, 2.45) is 0 Å². The maximum Gasteiger partial charge on any atom is 0.0778 e. The SMILES string of the molecule is C#CC(CSC(C)(C)C)NCCC. The second-order valence-corrected chi connectivity index (χ2v) is 5.94. The minimum Gasteiger partial charge on any atom is -0.303 e. The molecule has 1 N–H and O–H groups in total. The van der Waals surface area contributed by atoms with Gasteiger partial charge < -0.3 is 5.32 Å². The van der Waals surface area contributed by atoms with Crippen LogP contribution >= 0.6 is 11.8 Å². The van der Waals surface area contributed by atoms with Gasteiger partial charge in [0.2, 0.25) is 0 Å². The first-order valence-corrected chi connectivity index (χ1v) is 5.81. The Balaban J connectivity index is 3.68. The standard InChI is InChI=1S/C11H21NS/c1-6-8-12-10(7-2)9-13-11(3,4)5/h2,10,12H,6,8-9H2,1,3-5H3. The number of hydrogen-bond donors (Lipinski definition) is 1. The summed E-state index contributed by atoms with van der Waals surface area (Å²) in [6, 6.07) is 0.226. The normalized spacial score (nSPS) is 13.8. The first-order chi connectivity index (χ1) is 5.99. The lowest BCUT2D eigenvalue weighted by molar-refractivity contribution is 0.640. The van der Waals surface area contributed by atoms with E-state index < -0.39 is 0 Å². The van der Waals surface area contributed by atoms with Gasteiger partial charge in [-0.15, -0.1) is 6.42 Å². The Morgan fingerprint density at radius 3 is 2.46 bits per heavy atom. The average molecular weight is 199 g/mol. The van der Waals surface area contributed by atoms with Crippen LogP contribution in [0.4, 0.5) is 0 Å². The van der Waals surface area contributed by atoms with E-state index in [4.69, 9.17) is 6.42 Å². The summed E-state index contributed by atoms with van der Waals surface area (Å²) in [5.41, 5.74) is 0. The van der Waals surface area contributed by atoms with Crippen molar-refractivity contribution in [3.05, 3.63) is 0 Å². The van der Waals surface area contributed by atoms with Crippen molar-refractivity contribution in [3.63, 3.8) is 0 Å². The molecule has 0 heterocycles. The quantitative estimate of drug-likeness (QED) is 0.683. The van der Waals surface area contributed by atoms with Gasteiger partial charge in [0.05, 0.1) is 6.04 Å². The van der Waals surface area contributed by atoms with Crippen molar-refractivity contribution in [3.8, 4) is 12.3 Å². The summed E-state index contributed by atoms with van der Waals surface area (Å²) in [4.78, 5) is 0. The highest BCUT2D eigenvalue weighted by molar-refractivity contribution is 8.00. The van der Waals surface area contributed by atoms with E-state index in [-0.39, 0.29) is 6.04 Å². The molecule has 0 saturated heterocycles. The van der Waals surface area contributed by atoms with Crippen LogP contribution in [0, 0.1) is 12.3 Å². The van der Waals surface area contributed by atoms with Gasteiger partial charge in [0, 0.05) is 10.5 Å². The molecule has 1 nitrogen and oxygen atoms in total. The van der Waals surface area contributed by atoms with E-state index in [9.17, 15) is 0 Å². The fourth-order valence-electron chi connectivity index (χ4n) is 0.818. The molecule has 1 unspecified atom stereocenters. The van der Waals surface area contributed by atoms with Crippen molar-refractivity contribution >= 4 is 11.8 Å². The highest BCUT2D eigenvalue weighted by Gasteiger charge is 2.13. The molecule has 0 aromatic heterocycles. The Kier molecular flexibility index (Phi) is 6.28. The van der Waals surface area contributed by atoms with Crippen LogP contribution in [-0.2, 0) is 0 Å².